The van der Waals surface area contributed by atoms with E-state index >= 15 is 0 Å². The van der Waals surface area contributed by atoms with Crippen molar-refractivity contribution in [1.82, 2.24) is 9.47 Å². The molecular formula is C21H26N2. The van der Waals surface area contributed by atoms with Crippen molar-refractivity contribution in [3.8, 4) is 0 Å². The number of piperidine rings is 1. The van der Waals surface area contributed by atoms with Gasteiger partial charge in [-0.3, -0.25) is 4.90 Å². The van der Waals surface area contributed by atoms with Crippen LogP contribution in [0.3, 0.4) is 0 Å². The number of hydrogen-bond donors (Lipinski definition) is 0. The Bertz CT molecular complexity index is 830. The number of fused-ring (bicyclic) bond motifs is 3. The van der Waals surface area contributed by atoms with Gasteiger partial charge in [0, 0.05) is 41.4 Å². The van der Waals surface area contributed by atoms with Crippen LogP contribution in [0.25, 0.3) is 21.8 Å². The van der Waals surface area contributed by atoms with E-state index in [0.717, 1.165) is 19.0 Å². The van der Waals surface area contributed by atoms with Gasteiger partial charge >= 0.3 is 0 Å². The maximum absolute atomic E-state index is 2.62. The van der Waals surface area contributed by atoms with Crippen molar-refractivity contribution in [2.24, 2.45) is 5.92 Å². The van der Waals surface area contributed by atoms with Crippen LogP contribution in [-0.4, -0.2) is 22.6 Å². The van der Waals surface area contributed by atoms with E-state index in [1.807, 2.05) is 0 Å². The standard InChI is InChI=1S/C21H26N2/c1-3-23-20-9-5-4-8-18(20)19-13-17(10-11-21(19)23)15-22-12-6-7-16(2)14-22/h4-5,8-11,13,16H,3,6-7,12,14-15H2,1-2H3/t16-/m0/s1. The van der Waals surface area contributed by atoms with Gasteiger partial charge in [0.2, 0.25) is 0 Å². The first kappa shape index (κ1) is 14.8. The van der Waals surface area contributed by atoms with Crippen molar-refractivity contribution >= 4 is 21.8 Å². The second-order valence-electron chi connectivity index (χ2n) is 7.10. The molecule has 0 unspecified atom stereocenters. The zero-order valence-electron chi connectivity index (χ0n) is 14.3. The third-order valence-electron chi connectivity index (χ3n) is 5.30. The molecule has 1 aromatic heterocycles. The maximum atomic E-state index is 2.62. The Morgan fingerprint density at radius 1 is 1.04 bits per heavy atom. The zero-order valence-corrected chi connectivity index (χ0v) is 14.3. The fraction of sp³-hybridized carbons (Fsp3) is 0.429. The SMILES string of the molecule is CCn1c2ccccc2c2cc(CN3CCC[C@H](C)C3)ccc21. The number of para-hydroxylation sites is 1. The van der Waals surface area contributed by atoms with Gasteiger partial charge in [0.1, 0.15) is 0 Å². The molecule has 1 atom stereocenters. The van der Waals surface area contributed by atoms with Gasteiger partial charge in [0.25, 0.3) is 0 Å². The van der Waals surface area contributed by atoms with Crippen LogP contribution in [0.15, 0.2) is 42.5 Å². The summed E-state index contributed by atoms with van der Waals surface area (Å²) in [6.07, 6.45) is 2.73. The molecule has 3 aromatic rings. The predicted molar refractivity (Wildman–Crippen MR) is 98.8 cm³/mol. The molecule has 23 heavy (non-hydrogen) atoms. The third-order valence-corrected chi connectivity index (χ3v) is 5.30. The van der Waals surface area contributed by atoms with Crippen LogP contribution >= 0.6 is 0 Å². The van der Waals surface area contributed by atoms with Gasteiger partial charge in [-0.25, -0.2) is 0 Å². The van der Waals surface area contributed by atoms with Crippen molar-refractivity contribution in [2.45, 2.75) is 39.8 Å². The molecule has 2 heteroatoms. The van der Waals surface area contributed by atoms with Gasteiger partial charge in [-0.15, -0.1) is 0 Å². The highest BCUT2D eigenvalue weighted by atomic mass is 15.1. The smallest absolute Gasteiger partial charge is 0.0491 e. The molecule has 2 nitrogen and oxygen atoms in total. The first-order valence-electron chi connectivity index (χ1n) is 8.98. The molecule has 0 bridgehead atoms. The summed E-state index contributed by atoms with van der Waals surface area (Å²) in [5.74, 6) is 0.842. The molecule has 1 saturated heterocycles. The molecule has 2 heterocycles. The van der Waals surface area contributed by atoms with Gasteiger partial charge in [-0.1, -0.05) is 31.2 Å². The van der Waals surface area contributed by atoms with E-state index in [4.69, 9.17) is 0 Å². The van der Waals surface area contributed by atoms with Gasteiger partial charge in [-0.2, -0.15) is 0 Å². The highest BCUT2D eigenvalue weighted by Crippen LogP contribution is 2.30. The second kappa shape index (κ2) is 6.01. The molecule has 0 amide bonds. The number of aromatic nitrogens is 1. The molecule has 1 fully saturated rings. The topological polar surface area (TPSA) is 8.17 Å². The van der Waals surface area contributed by atoms with E-state index in [2.05, 4.69) is 65.8 Å². The lowest BCUT2D eigenvalue weighted by molar-refractivity contribution is 0.176. The number of nitrogens with zero attached hydrogens (tertiary/aromatic N) is 2. The van der Waals surface area contributed by atoms with E-state index in [9.17, 15) is 0 Å². The lowest BCUT2D eigenvalue weighted by atomic mass is 9.99. The number of rotatable bonds is 3. The summed E-state index contributed by atoms with van der Waals surface area (Å²) in [6.45, 7) is 9.21. The van der Waals surface area contributed by atoms with Crippen molar-refractivity contribution in [3.05, 3.63) is 48.0 Å². The molecule has 0 spiro atoms. The van der Waals surface area contributed by atoms with Crippen LogP contribution < -0.4 is 0 Å². The summed E-state index contributed by atoms with van der Waals surface area (Å²) in [6, 6.07) is 15.9. The fourth-order valence-corrected chi connectivity index (χ4v) is 4.23. The van der Waals surface area contributed by atoms with Crippen molar-refractivity contribution < 1.29 is 0 Å². The van der Waals surface area contributed by atoms with Crippen LogP contribution in [-0.2, 0) is 13.1 Å². The maximum Gasteiger partial charge on any atom is 0.0491 e. The van der Waals surface area contributed by atoms with E-state index in [1.165, 1.54) is 53.3 Å². The van der Waals surface area contributed by atoms with E-state index in [0.29, 0.717) is 0 Å². The summed E-state index contributed by atoms with van der Waals surface area (Å²) in [5, 5.41) is 2.79. The Balaban J connectivity index is 1.74. The molecular weight excluding hydrogens is 280 g/mol. The Labute approximate surface area is 138 Å². The highest BCUT2D eigenvalue weighted by molar-refractivity contribution is 6.08. The molecule has 0 saturated carbocycles. The lowest BCUT2D eigenvalue weighted by Crippen LogP contribution is -2.33. The monoisotopic (exact) mass is 306 g/mol. The fourth-order valence-electron chi connectivity index (χ4n) is 4.23. The molecule has 0 radical (unpaired) electrons. The van der Waals surface area contributed by atoms with Crippen molar-refractivity contribution in [2.75, 3.05) is 13.1 Å². The average Bonchev–Trinajstić information content (AvgIpc) is 2.88. The van der Waals surface area contributed by atoms with Gasteiger partial charge in [0.15, 0.2) is 0 Å². The molecule has 4 rings (SSSR count). The number of aryl methyl sites for hydroxylation is 1. The minimum absolute atomic E-state index is 0.842. The van der Waals surface area contributed by atoms with Crippen LogP contribution in [0.5, 0.6) is 0 Å². The summed E-state index contributed by atoms with van der Waals surface area (Å²) in [5.41, 5.74) is 4.17. The average molecular weight is 306 g/mol. The first-order chi connectivity index (χ1) is 11.3. The summed E-state index contributed by atoms with van der Waals surface area (Å²) >= 11 is 0. The molecule has 1 aliphatic heterocycles. The van der Waals surface area contributed by atoms with Crippen LogP contribution in [0.4, 0.5) is 0 Å². The number of benzene rings is 2. The molecule has 120 valence electrons. The molecule has 1 aliphatic rings. The molecule has 2 aromatic carbocycles. The molecule has 0 N–H and O–H groups in total. The third kappa shape index (κ3) is 2.66. The van der Waals surface area contributed by atoms with Gasteiger partial charge in [-0.05, 0) is 56.0 Å². The Kier molecular flexibility index (Phi) is 3.86. The summed E-state index contributed by atoms with van der Waals surface area (Å²) in [4.78, 5) is 2.62. The quantitative estimate of drug-likeness (QED) is 0.657. The summed E-state index contributed by atoms with van der Waals surface area (Å²) in [7, 11) is 0. The Morgan fingerprint density at radius 3 is 2.70 bits per heavy atom. The van der Waals surface area contributed by atoms with E-state index in [-0.39, 0.29) is 0 Å². The zero-order chi connectivity index (χ0) is 15.8. The highest BCUT2D eigenvalue weighted by Gasteiger charge is 2.17. The minimum atomic E-state index is 0.842. The largest absolute Gasteiger partial charge is 0.341 e. The minimum Gasteiger partial charge on any atom is -0.341 e. The van der Waals surface area contributed by atoms with Crippen LogP contribution in [0.2, 0.25) is 0 Å². The lowest BCUT2D eigenvalue weighted by Gasteiger charge is -2.30. The summed E-state index contributed by atoms with van der Waals surface area (Å²) < 4.78 is 2.43. The van der Waals surface area contributed by atoms with Crippen LogP contribution in [0.1, 0.15) is 32.3 Å². The second-order valence-corrected chi connectivity index (χ2v) is 7.10. The molecule has 0 aliphatic carbocycles. The normalized spacial score (nSPS) is 19.7. The Morgan fingerprint density at radius 2 is 1.87 bits per heavy atom. The first-order valence-corrected chi connectivity index (χ1v) is 8.98. The van der Waals surface area contributed by atoms with Gasteiger partial charge < -0.3 is 4.57 Å². The van der Waals surface area contributed by atoms with Crippen molar-refractivity contribution in [3.63, 3.8) is 0 Å². The van der Waals surface area contributed by atoms with E-state index < -0.39 is 0 Å². The van der Waals surface area contributed by atoms with Crippen LogP contribution in [0, 0.1) is 5.92 Å². The van der Waals surface area contributed by atoms with E-state index in [1.54, 1.807) is 0 Å². The number of likely N-dealkylation sites (tertiary alicyclic amines) is 1. The van der Waals surface area contributed by atoms with Gasteiger partial charge in [0.05, 0.1) is 0 Å². The Hall–Kier alpha value is -1.80. The predicted octanol–water partition coefficient (Wildman–Crippen LogP) is 5.05. The number of hydrogen-bond acceptors (Lipinski definition) is 1. The van der Waals surface area contributed by atoms with Crippen molar-refractivity contribution in [1.29, 1.82) is 0 Å².